The Morgan fingerprint density at radius 3 is 2.04 bits per heavy atom. The number of rotatable bonds is 12. The second-order valence-corrected chi connectivity index (χ2v) is 13.5. The van der Waals surface area contributed by atoms with Crippen LogP contribution in [-0.2, 0) is 36.3 Å². The van der Waals surface area contributed by atoms with E-state index in [4.69, 9.17) is 19.3 Å². The number of ketones is 1. The lowest BCUT2D eigenvalue weighted by Crippen LogP contribution is -2.40. The molecule has 2 unspecified atom stereocenters. The third-order valence-electron chi connectivity index (χ3n) is 5.91. The molecule has 1 aliphatic rings. The number of nitrogens with one attached hydrogen (secondary N) is 1. The molecule has 1 aliphatic heterocycles. The van der Waals surface area contributed by atoms with Crippen molar-refractivity contribution in [3.05, 3.63) is 104 Å². The van der Waals surface area contributed by atoms with Crippen molar-refractivity contribution >= 4 is 35.2 Å². The Labute approximate surface area is 251 Å². The lowest BCUT2D eigenvalue weighted by atomic mass is 10.0. The Bertz CT molecular complexity index is 1820. The van der Waals surface area contributed by atoms with Gasteiger partial charge in [-0.2, -0.15) is 8.62 Å². The number of H-pyrrole nitrogens is 1. The number of hydrogen-bond donors (Lipinski definition) is 6. The summed E-state index contributed by atoms with van der Waals surface area (Å²) in [4.78, 5) is 87.9. The van der Waals surface area contributed by atoms with Crippen LogP contribution < -0.4 is 11.2 Å². The number of aromatic amines is 1. The third kappa shape index (κ3) is 9.08. The van der Waals surface area contributed by atoms with E-state index in [0.29, 0.717) is 10.1 Å². The lowest BCUT2D eigenvalue weighted by molar-refractivity contribution is -0.0554. The van der Waals surface area contributed by atoms with Crippen molar-refractivity contribution in [2.45, 2.75) is 24.5 Å². The molecule has 6 atom stereocenters. The maximum Gasteiger partial charge on any atom is 0.490 e. The summed E-state index contributed by atoms with van der Waals surface area (Å²) in [5.41, 5.74) is -1.37. The largest absolute Gasteiger partial charge is 0.490 e. The molecule has 0 amide bonds. The average molecular weight is 692 g/mol. The van der Waals surface area contributed by atoms with Gasteiger partial charge >= 0.3 is 35.1 Å². The van der Waals surface area contributed by atoms with Crippen molar-refractivity contribution in [2.24, 2.45) is 0 Å². The van der Waals surface area contributed by atoms with E-state index in [-0.39, 0.29) is 16.9 Å². The number of carbonyl (C=O) groups is 2. The third-order valence-corrected chi connectivity index (χ3v) is 9.72. The zero-order valence-corrected chi connectivity index (χ0v) is 25.0. The quantitative estimate of drug-likeness (QED) is 0.0860. The number of carbonyl (C=O) groups excluding carboxylic acids is 2. The monoisotopic (exact) mass is 692 g/mol. The highest BCUT2D eigenvalue weighted by molar-refractivity contribution is 7.66. The minimum atomic E-state index is -5.87. The smallest absolute Gasteiger partial charge is 0.453 e. The molecule has 0 aliphatic carbocycles. The fraction of sp³-hybridized carbons (Fsp3) is 0.217. The molecule has 242 valence electrons. The van der Waals surface area contributed by atoms with E-state index in [1.165, 1.54) is 24.3 Å². The number of phosphoric acid groups is 3. The molecule has 2 aromatic carbocycles. The summed E-state index contributed by atoms with van der Waals surface area (Å²) in [5, 5.41) is 10.9. The van der Waals surface area contributed by atoms with Gasteiger partial charge in [-0.1, -0.05) is 42.5 Å². The predicted molar refractivity (Wildman–Crippen MR) is 147 cm³/mol. The first-order valence-electron chi connectivity index (χ1n) is 12.3. The second-order valence-electron chi connectivity index (χ2n) is 9.10. The topological polar surface area (TPSA) is 288 Å². The molecular weight excluding hydrogens is 669 g/mol. The molecule has 3 aromatic rings. The van der Waals surface area contributed by atoms with Gasteiger partial charge < -0.3 is 34.2 Å². The maximum atomic E-state index is 13.0. The van der Waals surface area contributed by atoms with Crippen LogP contribution in [0.5, 0.6) is 0 Å². The molecule has 0 radical (unpaired) electrons. The molecule has 6 N–H and O–H groups in total. The highest BCUT2D eigenvalue weighted by Crippen LogP contribution is 2.66. The Morgan fingerprint density at radius 1 is 0.844 bits per heavy atom. The molecule has 1 fully saturated rings. The van der Waals surface area contributed by atoms with E-state index in [1.807, 2.05) is 4.98 Å². The molecule has 0 saturated carbocycles. The van der Waals surface area contributed by atoms with Gasteiger partial charge in [0.1, 0.15) is 12.2 Å². The van der Waals surface area contributed by atoms with Crippen molar-refractivity contribution in [2.75, 3.05) is 6.61 Å². The number of aliphatic hydroxyl groups is 1. The number of ether oxygens (including phenoxy) is 2. The van der Waals surface area contributed by atoms with Crippen molar-refractivity contribution in [1.29, 1.82) is 0 Å². The summed E-state index contributed by atoms with van der Waals surface area (Å²) >= 11 is 0. The number of hydrogen-bond acceptors (Lipinski definition) is 13. The number of nitrogens with zero attached hydrogens (tertiary/aromatic N) is 1. The van der Waals surface area contributed by atoms with Crippen molar-refractivity contribution in [3.8, 4) is 0 Å². The summed E-state index contributed by atoms with van der Waals surface area (Å²) in [5.74, 6) is -1.44. The fourth-order valence-corrected chi connectivity index (χ4v) is 7.06. The summed E-state index contributed by atoms with van der Waals surface area (Å²) in [6.07, 6.45) is -6.14. The van der Waals surface area contributed by atoms with E-state index in [0.717, 1.165) is 12.3 Å². The van der Waals surface area contributed by atoms with Gasteiger partial charge in [0.2, 0.25) is 0 Å². The Kier molecular flexibility index (Phi) is 10.4. The molecule has 1 aromatic heterocycles. The van der Waals surface area contributed by atoms with E-state index in [2.05, 4.69) is 13.1 Å². The molecular formula is C23H23N2O17P3. The van der Waals surface area contributed by atoms with Gasteiger partial charge in [0.15, 0.2) is 18.1 Å². The number of phosphoric ester groups is 1. The van der Waals surface area contributed by atoms with Gasteiger partial charge in [0, 0.05) is 23.4 Å². The van der Waals surface area contributed by atoms with Gasteiger partial charge in [-0.25, -0.2) is 23.3 Å². The van der Waals surface area contributed by atoms with E-state index in [9.17, 15) is 47.8 Å². The summed E-state index contributed by atoms with van der Waals surface area (Å²) in [6, 6.07) is 14.3. The van der Waals surface area contributed by atoms with Crippen molar-refractivity contribution in [3.63, 3.8) is 0 Å². The van der Waals surface area contributed by atoms with Gasteiger partial charge in [-0.3, -0.25) is 23.7 Å². The zero-order chi connectivity index (χ0) is 33.2. The normalized spacial score (nSPS) is 22.7. The van der Waals surface area contributed by atoms with Gasteiger partial charge in [0.25, 0.3) is 5.56 Å². The number of esters is 1. The molecule has 22 heteroatoms. The Hall–Kier alpha value is -3.41. The Balaban J connectivity index is 1.54. The van der Waals surface area contributed by atoms with Crippen LogP contribution in [0.3, 0.4) is 0 Å². The van der Waals surface area contributed by atoms with Gasteiger partial charge in [-0.15, -0.1) is 0 Å². The SMILES string of the molecule is O=C(O[C@H]1[C@@H](O)[C@H](n2ccc(=O)[nH]c2=O)O[C@@H]1COP(=O)(O)OP(=O)(O)OP(=O)(O)O)c1ccc(C(=O)c2ccccc2)cc1. The minimum Gasteiger partial charge on any atom is -0.453 e. The Morgan fingerprint density at radius 2 is 1.44 bits per heavy atom. The van der Waals surface area contributed by atoms with Crippen LogP contribution in [0.1, 0.15) is 32.5 Å². The van der Waals surface area contributed by atoms with Crippen LogP contribution in [-0.4, -0.2) is 70.9 Å². The molecule has 45 heavy (non-hydrogen) atoms. The first-order chi connectivity index (χ1) is 20.9. The van der Waals surface area contributed by atoms with Crippen molar-refractivity contribution in [1.82, 2.24) is 9.55 Å². The van der Waals surface area contributed by atoms with Crippen LogP contribution in [0.15, 0.2) is 76.4 Å². The predicted octanol–water partition coefficient (Wildman–Crippen LogP) is 0.595. The first-order valence-corrected chi connectivity index (χ1v) is 16.8. The average Bonchev–Trinajstić information content (AvgIpc) is 3.24. The van der Waals surface area contributed by atoms with Crippen LogP contribution >= 0.6 is 23.5 Å². The van der Waals surface area contributed by atoms with Crippen LogP contribution in [0.4, 0.5) is 0 Å². The molecule has 2 heterocycles. The first kappa shape index (κ1) is 34.5. The second kappa shape index (κ2) is 13.5. The standard InChI is InChI=1S/C23H23N2O17P3/c26-17-10-11-25(23(30)24-17)21-19(28)20(16(39-21)12-38-44(34,35)42-45(36,37)41-43(31,32)33)40-22(29)15-8-6-14(7-9-15)18(27)13-4-2-1-3-5-13/h1-11,16,19-21,28H,12H2,(H,34,35)(H,36,37)(H,24,26,30)(H2,31,32,33)/t16-,19-,20-,21-/m1/s1. The van der Waals surface area contributed by atoms with E-state index < -0.39 is 71.8 Å². The molecule has 1 saturated heterocycles. The van der Waals surface area contributed by atoms with Crippen molar-refractivity contribution < 1.29 is 70.6 Å². The number of aliphatic hydroxyl groups excluding tert-OH is 1. The fourth-order valence-electron chi connectivity index (χ4n) is 4.03. The van der Waals surface area contributed by atoms with Crippen LogP contribution in [0.25, 0.3) is 0 Å². The highest BCUT2D eigenvalue weighted by Gasteiger charge is 2.49. The summed E-state index contributed by atoms with van der Waals surface area (Å²) in [6.45, 7) is -1.15. The van der Waals surface area contributed by atoms with E-state index >= 15 is 0 Å². The summed E-state index contributed by atoms with van der Waals surface area (Å²) in [7, 11) is -17.2. The lowest BCUT2D eigenvalue weighted by Gasteiger charge is -2.22. The zero-order valence-electron chi connectivity index (χ0n) is 22.3. The summed E-state index contributed by atoms with van der Waals surface area (Å²) < 4.78 is 58.1. The molecule has 4 rings (SSSR count). The minimum absolute atomic E-state index is 0.122. The van der Waals surface area contributed by atoms with Crippen LogP contribution in [0, 0.1) is 0 Å². The molecule has 19 nitrogen and oxygen atoms in total. The van der Waals surface area contributed by atoms with Gasteiger partial charge in [-0.05, 0) is 12.1 Å². The number of benzene rings is 2. The van der Waals surface area contributed by atoms with Gasteiger partial charge in [0.05, 0.1) is 12.2 Å². The maximum absolute atomic E-state index is 13.0. The molecule has 0 spiro atoms. The number of aromatic nitrogens is 2. The highest BCUT2D eigenvalue weighted by atomic mass is 31.3. The molecule has 0 bridgehead atoms. The van der Waals surface area contributed by atoms with Crippen LogP contribution in [0.2, 0.25) is 0 Å². The van der Waals surface area contributed by atoms with E-state index in [1.54, 1.807) is 30.3 Å².